The fourth-order valence-corrected chi connectivity index (χ4v) is 7.20. The van der Waals surface area contributed by atoms with Crippen LogP contribution in [0, 0.1) is 17.8 Å². The highest BCUT2D eigenvalue weighted by Crippen LogP contribution is 2.41. The maximum Gasteiger partial charge on any atom is 0.272 e. The number of anilines is 1. The summed E-state index contributed by atoms with van der Waals surface area (Å²) in [4.78, 5) is 10.9. The van der Waals surface area contributed by atoms with Gasteiger partial charge in [0.1, 0.15) is 14.4 Å². The number of fused-ring (bicyclic) bond motifs is 2. The van der Waals surface area contributed by atoms with Gasteiger partial charge in [-0.25, -0.2) is 13.4 Å². The second-order valence-corrected chi connectivity index (χ2v) is 11.9. The predicted molar refractivity (Wildman–Crippen MR) is 129 cm³/mol. The minimum Gasteiger partial charge on any atom is -0.298 e. The molecule has 2 atom stereocenters. The highest BCUT2D eigenvalue weighted by molar-refractivity contribution is 7.94. The van der Waals surface area contributed by atoms with Crippen molar-refractivity contribution < 1.29 is 12.8 Å². The number of hydrogen-bond acceptors (Lipinski definition) is 6. The van der Waals surface area contributed by atoms with E-state index in [-0.39, 0.29) is 10.0 Å². The van der Waals surface area contributed by atoms with Crippen LogP contribution in [-0.2, 0) is 16.6 Å². The van der Waals surface area contributed by atoms with Gasteiger partial charge in [-0.3, -0.25) is 14.6 Å². The van der Waals surface area contributed by atoms with Gasteiger partial charge < -0.3 is 0 Å². The number of thiophene rings is 1. The molecule has 1 aliphatic heterocycles. The van der Waals surface area contributed by atoms with E-state index in [1.807, 2.05) is 6.07 Å². The summed E-state index contributed by atoms with van der Waals surface area (Å²) in [5, 5.41) is 0. The van der Waals surface area contributed by atoms with Crippen LogP contribution < -0.4 is 4.72 Å². The third-order valence-electron chi connectivity index (χ3n) is 6.02. The number of benzene rings is 1. The van der Waals surface area contributed by atoms with Crippen LogP contribution in [0.5, 0.6) is 0 Å². The first-order chi connectivity index (χ1) is 15.9. The predicted octanol–water partition coefficient (Wildman–Crippen LogP) is 5.35. The van der Waals surface area contributed by atoms with Gasteiger partial charge in [-0.05, 0) is 36.6 Å². The van der Waals surface area contributed by atoms with E-state index in [2.05, 4.69) is 38.9 Å². The Labute approximate surface area is 201 Å². The van der Waals surface area contributed by atoms with Crippen molar-refractivity contribution in [3.63, 3.8) is 0 Å². The Morgan fingerprint density at radius 3 is 2.55 bits per heavy atom. The number of nitrogens with one attached hydrogen (secondary N) is 1. The zero-order valence-corrected chi connectivity index (χ0v) is 20.0. The van der Waals surface area contributed by atoms with Crippen molar-refractivity contribution in [3.05, 3.63) is 70.4 Å². The van der Waals surface area contributed by atoms with E-state index < -0.39 is 16.0 Å². The second-order valence-electron chi connectivity index (χ2n) is 8.36. The van der Waals surface area contributed by atoms with Crippen LogP contribution in [0.1, 0.15) is 18.4 Å². The van der Waals surface area contributed by atoms with E-state index >= 15 is 0 Å². The number of aliphatic imine (C=N–C) groups is 1. The monoisotopic (exact) mass is 504 g/mol. The number of aromatic nitrogens is 1. The average Bonchev–Trinajstić information content (AvgIpc) is 3.25. The molecule has 10 heteroatoms. The third kappa shape index (κ3) is 4.96. The van der Waals surface area contributed by atoms with Crippen molar-refractivity contribution >= 4 is 50.2 Å². The van der Waals surface area contributed by atoms with Gasteiger partial charge in [0.25, 0.3) is 10.0 Å². The van der Waals surface area contributed by atoms with Crippen LogP contribution in [-0.4, -0.2) is 37.1 Å². The Bertz CT molecular complexity index is 1280. The van der Waals surface area contributed by atoms with Crippen LogP contribution >= 0.6 is 22.9 Å². The molecule has 1 aliphatic carbocycles. The fourth-order valence-electron chi connectivity index (χ4n) is 4.59. The van der Waals surface area contributed by atoms with E-state index in [9.17, 15) is 12.8 Å². The van der Waals surface area contributed by atoms with Gasteiger partial charge in [0, 0.05) is 37.2 Å². The number of rotatable bonds is 6. The van der Waals surface area contributed by atoms with Crippen molar-refractivity contribution in [1.29, 1.82) is 0 Å². The summed E-state index contributed by atoms with van der Waals surface area (Å²) in [5.74, 6) is -0.159. The van der Waals surface area contributed by atoms with Crippen LogP contribution in [0.25, 0.3) is 0 Å². The molecule has 3 heterocycles. The lowest BCUT2D eigenvalue weighted by Gasteiger charge is -2.33. The molecule has 5 rings (SSSR count). The molecule has 0 spiro atoms. The Hall–Kier alpha value is -2.33. The molecule has 0 amide bonds. The molecule has 1 aromatic carbocycles. The molecule has 6 nitrogen and oxygen atoms in total. The molecule has 2 aromatic heterocycles. The SMILES string of the molecule is O=S(=O)(Nc1cccc(F)n1)c1cc(N=C2[C@@H]3CC[C@H]2CN(Cc2ccccc2)C3)c(Cl)s1. The summed E-state index contributed by atoms with van der Waals surface area (Å²) in [6, 6.07) is 15.8. The molecule has 3 aromatic rings. The summed E-state index contributed by atoms with van der Waals surface area (Å²) in [6.45, 7) is 2.79. The molecule has 2 aliphatic rings. The Morgan fingerprint density at radius 2 is 1.85 bits per heavy atom. The van der Waals surface area contributed by atoms with Crippen molar-refractivity contribution in [2.45, 2.75) is 23.6 Å². The van der Waals surface area contributed by atoms with Gasteiger partial charge in [-0.1, -0.05) is 48.0 Å². The van der Waals surface area contributed by atoms with E-state index in [4.69, 9.17) is 16.6 Å². The smallest absolute Gasteiger partial charge is 0.272 e. The van der Waals surface area contributed by atoms with Gasteiger partial charge in [-0.15, -0.1) is 11.3 Å². The van der Waals surface area contributed by atoms with Gasteiger partial charge in [0.15, 0.2) is 0 Å². The second kappa shape index (κ2) is 9.13. The van der Waals surface area contributed by atoms with Gasteiger partial charge in [0.05, 0.1) is 5.69 Å². The Balaban J connectivity index is 1.33. The van der Waals surface area contributed by atoms with Crippen LogP contribution in [0.4, 0.5) is 15.9 Å². The third-order valence-corrected chi connectivity index (χ3v) is 9.19. The number of hydrogen-bond donors (Lipinski definition) is 1. The van der Waals surface area contributed by atoms with Gasteiger partial charge in [0.2, 0.25) is 5.95 Å². The molecule has 0 radical (unpaired) electrons. The van der Waals surface area contributed by atoms with Gasteiger partial charge >= 0.3 is 0 Å². The lowest BCUT2D eigenvalue weighted by atomic mass is 9.95. The van der Waals surface area contributed by atoms with E-state index in [1.165, 1.54) is 23.8 Å². The maximum atomic E-state index is 13.3. The highest BCUT2D eigenvalue weighted by atomic mass is 35.5. The molecule has 1 N–H and O–H groups in total. The standard InChI is InChI=1S/C23H22ClFN4O2S2/c24-23-18(11-21(32-23)33(30,31)28-20-8-4-7-19(25)27-20)26-22-16-9-10-17(22)14-29(13-16)12-15-5-2-1-3-6-15/h1-8,11,16-17H,9-10,12-14H2,(H,27,28)/t16-,17+. The quantitative estimate of drug-likeness (QED) is 0.459. The highest BCUT2D eigenvalue weighted by Gasteiger charge is 2.39. The first kappa shape index (κ1) is 22.5. The number of sulfonamides is 1. The summed E-state index contributed by atoms with van der Waals surface area (Å²) < 4.78 is 41.5. The van der Waals surface area contributed by atoms with E-state index in [1.54, 1.807) is 0 Å². The Kier molecular flexibility index (Phi) is 6.22. The van der Waals surface area contributed by atoms with Crippen molar-refractivity contribution in [3.8, 4) is 0 Å². The molecule has 33 heavy (non-hydrogen) atoms. The van der Waals surface area contributed by atoms with Crippen LogP contribution in [0.3, 0.4) is 0 Å². The number of piperidine rings is 1. The molecule has 1 saturated carbocycles. The van der Waals surface area contributed by atoms with Crippen LogP contribution in [0.2, 0.25) is 4.34 Å². The minimum atomic E-state index is -3.95. The summed E-state index contributed by atoms with van der Waals surface area (Å²) in [6.07, 6.45) is 2.16. The van der Waals surface area contributed by atoms with E-state index in [0.29, 0.717) is 21.9 Å². The largest absolute Gasteiger partial charge is 0.298 e. The molecular formula is C23H22ClFN4O2S2. The maximum absolute atomic E-state index is 13.3. The van der Waals surface area contributed by atoms with Gasteiger partial charge in [-0.2, -0.15) is 4.39 Å². The first-order valence-electron chi connectivity index (χ1n) is 10.7. The van der Waals surface area contributed by atoms with Crippen molar-refractivity contribution in [2.24, 2.45) is 16.8 Å². The lowest BCUT2D eigenvalue weighted by Crippen LogP contribution is -2.41. The summed E-state index contributed by atoms with van der Waals surface area (Å²) in [7, 11) is -3.95. The topological polar surface area (TPSA) is 74.7 Å². The summed E-state index contributed by atoms with van der Waals surface area (Å²) in [5.41, 5.74) is 2.88. The van der Waals surface area contributed by atoms with E-state index in [0.717, 1.165) is 55.6 Å². The number of likely N-dealkylation sites (tertiary alicyclic amines) is 1. The molecular weight excluding hydrogens is 483 g/mol. The minimum absolute atomic E-state index is 0.0202. The molecule has 0 unspecified atom stereocenters. The normalized spacial score (nSPS) is 22.1. The van der Waals surface area contributed by atoms with Crippen molar-refractivity contribution in [1.82, 2.24) is 9.88 Å². The number of nitrogens with zero attached hydrogens (tertiary/aromatic N) is 3. The fraction of sp³-hybridized carbons (Fsp3) is 0.304. The molecule has 2 fully saturated rings. The first-order valence-corrected chi connectivity index (χ1v) is 13.3. The summed E-state index contributed by atoms with van der Waals surface area (Å²) >= 11 is 7.32. The molecule has 172 valence electrons. The molecule has 1 saturated heterocycles. The number of pyridine rings is 1. The lowest BCUT2D eigenvalue weighted by molar-refractivity contribution is 0.228. The zero-order valence-electron chi connectivity index (χ0n) is 17.6. The van der Waals surface area contributed by atoms with Crippen LogP contribution in [0.15, 0.2) is 63.8 Å². The zero-order chi connectivity index (χ0) is 23.0. The Morgan fingerprint density at radius 1 is 1.12 bits per heavy atom. The average molecular weight is 505 g/mol. The van der Waals surface area contributed by atoms with Crippen molar-refractivity contribution in [2.75, 3.05) is 17.8 Å². The molecule has 2 bridgehead atoms. The number of halogens is 2.